The van der Waals surface area contributed by atoms with Crippen LogP contribution in [0.15, 0.2) is 0 Å². The van der Waals surface area contributed by atoms with Crippen molar-refractivity contribution in [1.29, 1.82) is 0 Å². The highest BCUT2D eigenvalue weighted by Crippen LogP contribution is 2.17. The molecule has 2 atom stereocenters. The molecule has 0 radical (unpaired) electrons. The third-order valence-corrected chi connectivity index (χ3v) is 3.98. The Kier molecular flexibility index (Phi) is 3.95. The van der Waals surface area contributed by atoms with Gasteiger partial charge in [-0.2, -0.15) is 0 Å². The van der Waals surface area contributed by atoms with E-state index in [1.165, 1.54) is 31.9 Å². The monoisotopic (exact) mass is 200 g/mol. The third-order valence-electron chi connectivity index (χ3n) is 2.71. The van der Waals surface area contributed by atoms with Crippen LogP contribution in [0.2, 0.25) is 19.6 Å². The fourth-order valence-electron chi connectivity index (χ4n) is 1.85. The van der Waals surface area contributed by atoms with Crippen molar-refractivity contribution < 1.29 is 0 Å². The molecule has 0 aromatic rings. The Morgan fingerprint density at radius 3 is 2.38 bits per heavy atom. The molecule has 1 aliphatic rings. The highest BCUT2D eigenvalue weighted by Gasteiger charge is 2.23. The highest BCUT2D eigenvalue weighted by molar-refractivity contribution is 6.76. The molecule has 0 amide bonds. The topological polar surface area (TPSA) is 38.0 Å². The van der Waals surface area contributed by atoms with E-state index in [2.05, 4.69) is 25.0 Å². The number of nitrogens with one attached hydrogen (secondary N) is 1. The van der Waals surface area contributed by atoms with Gasteiger partial charge in [0.1, 0.15) is 0 Å². The first-order valence-electron chi connectivity index (χ1n) is 5.48. The summed E-state index contributed by atoms with van der Waals surface area (Å²) >= 11 is 0. The van der Waals surface area contributed by atoms with E-state index in [1.54, 1.807) is 0 Å². The molecule has 1 fully saturated rings. The molecule has 3 N–H and O–H groups in total. The van der Waals surface area contributed by atoms with E-state index < -0.39 is 8.07 Å². The maximum absolute atomic E-state index is 6.06. The summed E-state index contributed by atoms with van der Waals surface area (Å²) < 4.78 is 0. The lowest BCUT2D eigenvalue weighted by Gasteiger charge is -2.31. The molecule has 0 heterocycles. The molecule has 2 unspecified atom stereocenters. The van der Waals surface area contributed by atoms with Crippen LogP contribution in [-0.2, 0) is 0 Å². The van der Waals surface area contributed by atoms with Gasteiger partial charge in [-0.05, 0) is 19.0 Å². The highest BCUT2D eigenvalue weighted by atomic mass is 28.3. The predicted molar refractivity (Wildman–Crippen MR) is 61.6 cm³/mol. The van der Waals surface area contributed by atoms with Gasteiger partial charge in [0.2, 0.25) is 0 Å². The Bertz CT molecular complexity index is 153. The quantitative estimate of drug-likeness (QED) is 0.681. The SMILES string of the molecule is C[Si](C)(C)CNC1CCCCC1N. The average molecular weight is 200 g/mol. The van der Waals surface area contributed by atoms with Crippen molar-refractivity contribution in [1.82, 2.24) is 5.32 Å². The van der Waals surface area contributed by atoms with Gasteiger partial charge in [0, 0.05) is 12.1 Å². The van der Waals surface area contributed by atoms with Crippen molar-refractivity contribution in [3.8, 4) is 0 Å². The van der Waals surface area contributed by atoms with Crippen LogP contribution in [0.1, 0.15) is 25.7 Å². The van der Waals surface area contributed by atoms with Crippen molar-refractivity contribution in [2.45, 2.75) is 57.4 Å². The molecule has 78 valence electrons. The predicted octanol–water partition coefficient (Wildman–Crippen LogP) is 1.72. The number of hydrogen-bond donors (Lipinski definition) is 2. The normalized spacial score (nSPS) is 30.5. The van der Waals surface area contributed by atoms with E-state index >= 15 is 0 Å². The summed E-state index contributed by atoms with van der Waals surface area (Å²) in [6.07, 6.45) is 6.39. The van der Waals surface area contributed by atoms with Crippen LogP contribution in [0.4, 0.5) is 0 Å². The minimum Gasteiger partial charge on any atom is -0.326 e. The van der Waals surface area contributed by atoms with Gasteiger partial charge in [0.15, 0.2) is 0 Å². The minimum atomic E-state index is -0.937. The summed E-state index contributed by atoms with van der Waals surface area (Å²) in [7, 11) is -0.937. The van der Waals surface area contributed by atoms with Crippen molar-refractivity contribution in [3.05, 3.63) is 0 Å². The minimum absolute atomic E-state index is 0.407. The Morgan fingerprint density at radius 2 is 1.85 bits per heavy atom. The van der Waals surface area contributed by atoms with E-state index in [9.17, 15) is 0 Å². The lowest BCUT2D eigenvalue weighted by molar-refractivity contribution is 0.339. The van der Waals surface area contributed by atoms with Gasteiger partial charge < -0.3 is 11.1 Å². The molecule has 0 aromatic carbocycles. The van der Waals surface area contributed by atoms with Crippen LogP contribution in [0.25, 0.3) is 0 Å². The molecule has 3 heteroatoms. The van der Waals surface area contributed by atoms with Crippen LogP contribution in [0.3, 0.4) is 0 Å². The Labute approximate surface area is 83.3 Å². The van der Waals surface area contributed by atoms with Crippen LogP contribution in [0.5, 0.6) is 0 Å². The second-order valence-corrected chi connectivity index (χ2v) is 11.0. The van der Waals surface area contributed by atoms with Crippen LogP contribution < -0.4 is 11.1 Å². The summed E-state index contributed by atoms with van der Waals surface area (Å²) in [4.78, 5) is 0. The molecule has 0 aliphatic heterocycles. The van der Waals surface area contributed by atoms with Gasteiger partial charge in [0.05, 0.1) is 8.07 Å². The van der Waals surface area contributed by atoms with Gasteiger partial charge in [-0.15, -0.1) is 0 Å². The largest absolute Gasteiger partial charge is 0.326 e. The standard InChI is InChI=1S/C10H24N2Si/c1-13(2,3)8-12-10-7-5-4-6-9(10)11/h9-10,12H,4-8,11H2,1-3H3. The van der Waals surface area contributed by atoms with Crippen LogP contribution in [-0.4, -0.2) is 26.3 Å². The maximum atomic E-state index is 6.06. The molecule has 0 bridgehead atoms. The number of hydrogen-bond acceptors (Lipinski definition) is 2. The molecule has 1 saturated carbocycles. The van der Waals surface area contributed by atoms with Gasteiger partial charge in [-0.1, -0.05) is 32.5 Å². The first-order chi connectivity index (χ1) is 5.99. The van der Waals surface area contributed by atoms with Crippen LogP contribution in [0, 0.1) is 0 Å². The Morgan fingerprint density at radius 1 is 1.23 bits per heavy atom. The fourth-order valence-corrected chi connectivity index (χ4v) is 2.72. The second kappa shape index (κ2) is 4.58. The molecular formula is C10H24N2Si. The molecule has 0 spiro atoms. The Balaban J connectivity index is 2.27. The smallest absolute Gasteiger partial charge is 0.0596 e. The molecule has 1 aliphatic carbocycles. The molecule has 0 saturated heterocycles. The zero-order chi connectivity index (χ0) is 9.90. The molecule has 13 heavy (non-hydrogen) atoms. The van der Waals surface area contributed by atoms with Gasteiger partial charge >= 0.3 is 0 Å². The molecule has 1 rings (SSSR count). The van der Waals surface area contributed by atoms with E-state index in [4.69, 9.17) is 5.73 Å². The number of nitrogens with two attached hydrogens (primary N) is 1. The van der Waals surface area contributed by atoms with Crippen molar-refractivity contribution >= 4 is 8.07 Å². The zero-order valence-corrected chi connectivity index (χ0v) is 10.3. The second-order valence-electron chi connectivity index (χ2n) is 5.50. The molecular weight excluding hydrogens is 176 g/mol. The summed E-state index contributed by atoms with van der Waals surface area (Å²) in [5, 5.41) is 3.65. The van der Waals surface area contributed by atoms with Gasteiger partial charge in [-0.3, -0.25) is 0 Å². The lowest BCUT2D eigenvalue weighted by Crippen LogP contribution is -2.51. The number of rotatable bonds is 3. The van der Waals surface area contributed by atoms with E-state index in [-0.39, 0.29) is 0 Å². The summed E-state index contributed by atoms with van der Waals surface area (Å²) in [6.45, 7) is 7.19. The fraction of sp³-hybridized carbons (Fsp3) is 1.00. The van der Waals surface area contributed by atoms with Crippen LogP contribution >= 0.6 is 0 Å². The Hall–Kier alpha value is 0.137. The first kappa shape index (κ1) is 11.2. The maximum Gasteiger partial charge on any atom is 0.0596 e. The van der Waals surface area contributed by atoms with Crippen molar-refractivity contribution in [2.75, 3.05) is 6.17 Å². The van der Waals surface area contributed by atoms with Crippen molar-refractivity contribution in [3.63, 3.8) is 0 Å². The third kappa shape index (κ3) is 4.25. The lowest BCUT2D eigenvalue weighted by atomic mass is 9.91. The first-order valence-corrected chi connectivity index (χ1v) is 9.19. The van der Waals surface area contributed by atoms with E-state index in [0.29, 0.717) is 12.1 Å². The summed E-state index contributed by atoms with van der Waals surface area (Å²) in [6, 6.07) is 1.01. The average Bonchev–Trinajstić information content (AvgIpc) is 2.01. The van der Waals surface area contributed by atoms with Crippen molar-refractivity contribution in [2.24, 2.45) is 5.73 Å². The molecule has 2 nitrogen and oxygen atoms in total. The van der Waals surface area contributed by atoms with E-state index in [0.717, 1.165) is 0 Å². The zero-order valence-electron chi connectivity index (χ0n) is 9.27. The summed E-state index contributed by atoms with van der Waals surface area (Å²) in [5.74, 6) is 0. The molecule has 0 aromatic heterocycles. The van der Waals surface area contributed by atoms with E-state index in [1.807, 2.05) is 0 Å². The van der Waals surface area contributed by atoms with Gasteiger partial charge in [0.25, 0.3) is 0 Å². The van der Waals surface area contributed by atoms with Gasteiger partial charge in [-0.25, -0.2) is 0 Å². The summed E-state index contributed by atoms with van der Waals surface area (Å²) in [5.41, 5.74) is 6.06.